The Hall–Kier alpha value is -2.13. The number of cyclic esters (lactones) is 1. The van der Waals surface area contributed by atoms with Gasteiger partial charge < -0.3 is 9.47 Å². The first-order valence-electron chi connectivity index (χ1n) is 9.13. The van der Waals surface area contributed by atoms with Gasteiger partial charge in [-0.15, -0.1) is 0 Å². The fourth-order valence-corrected chi connectivity index (χ4v) is 5.50. The van der Waals surface area contributed by atoms with E-state index in [-0.39, 0.29) is 13.2 Å². The van der Waals surface area contributed by atoms with Crippen molar-refractivity contribution in [3.63, 3.8) is 0 Å². The zero-order valence-electron chi connectivity index (χ0n) is 16.7. The number of nitrogens with one attached hydrogen (secondary N) is 1. The second-order valence-corrected chi connectivity index (χ2v) is 9.99. The first kappa shape index (κ1) is 20.6. The van der Waals surface area contributed by atoms with Crippen LogP contribution in [0.1, 0.15) is 40.2 Å². The van der Waals surface area contributed by atoms with E-state index in [1.807, 2.05) is 37.3 Å². The topological polar surface area (TPSA) is 102 Å². The Kier molecular flexibility index (Phi) is 4.75. The summed E-state index contributed by atoms with van der Waals surface area (Å²) in [5.41, 5.74) is -2.38. The van der Waals surface area contributed by atoms with Crippen LogP contribution in [0.5, 0.6) is 0 Å². The summed E-state index contributed by atoms with van der Waals surface area (Å²) in [6.07, 6.45) is -0.957. The molecule has 1 aromatic rings. The Balaban J connectivity index is 2.05. The zero-order chi connectivity index (χ0) is 21.0. The molecule has 1 N–H and O–H groups in total. The van der Waals surface area contributed by atoms with Gasteiger partial charge in [0.2, 0.25) is 0 Å². The van der Waals surface area contributed by atoms with Crippen LogP contribution in [0.15, 0.2) is 30.3 Å². The minimum atomic E-state index is -4.31. The lowest BCUT2D eigenvalue weighted by atomic mass is 9.92. The number of carbonyl (C=O) groups excluding carboxylic acids is 2. The van der Waals surface area contributed by atoms with Gasteiger partial charge in [0.25, 0.3) is 0 Å². The molecule has 154 valence electrons. The Bertz CT molecular complexity index is 895. The van der Waals surface area contributed by atoms with Gasteiger partial charge in [0.15, 0.2) is 0 Å². The van der Waals surface area contributed by atoms with Gasteiger partial charge in [-0.2, -0.15) is 17.4 Å². The molecule has 3 atom stereocenters. The van der Waals surface area contributed by atoms with Crippen molar-refractivity contribution in [1.82, 2.24) is 9.03 Å². The molecule has 1 amide bonds. The third-order valence-electron chi connectivity index (χ3n) is 5.65. The van der Waals surface area contributed by atoms with Crippen molar-refractivity contribution in [2.24, 2.45) is 5.92 Å². The highest BCUT2D eigenvalue weighted by molar-refractivity contribution is 7.87. The van der Waals surface area contributed by atoms with Crippen LogP contribution in [0, 0.1) is 5.92 Å². The number of esters is 1. The molecular weight excluding hydrogens is 384 g/mol. The molecule has 1 aliphatic carbocycles. The van der Waals surface area contributed by atoms with Crippen LogP contribution in [-0.2, 0) is 29.9 Å². The molecule has 0 aromatic heterocycles. The molecule has 28 heavy (non-hydrogen) atoms. The van der Waals surface area contributed by atoms with Crippen LogP contribution in [0.3, 0.4) is 0 Å². The molecule has 2 fully saturated rings. The second kappa shape index (κ2) is 6.45. The summed E-state index contributed by atoms with van der Waals surface area (Å²) in [6, 6.07) is 9.21. The summed E-state index contributed by atoms with van der Waals surface area (Å²) < 4.78 is 39.3. The van der Waals surface area contributed by atoms with E-state index in [1.165, 1.54) is 0 Å². The van der Waals surface area contributed by atoms with Crippen molar-refractivity contribution in [3.8, 4) is 0 Å². The number of benzene rings is 1. The van der Waals surface area contributed by atoms with E-state index >= 15 is 0 Å². The van der Waals surface area contributed by atoms with E-state index in [2.05, 4.69) is 4.72 Å². The maximum absolute atomic E-state index is 13.2. The van der Waals surface area contributed by atoms with Crippen molar-refractivity contribution in [1.29, 1.82) is 0 Å². The van der Waals surface area contributed by atoms with Gasteiger partial charge in [0.05, 0.1) is 6.54 Å². The molecule has 0 spiro atoms. The minimum Gasteiger partial charge on any atom is -0.459 e. The number of carbonyl (C=O) groups is 2. The number of hydrogen-bond acceptors (Lipinski definition) is 6. The highest BCUT2D eigenvalue weighted by Gasteiger charge is 2.79. The highest BCUT2D eigenvalue weighted by atomic mass is 32.2. The summed E-state index contributed by atoms with van der Waals surface area (Å²) in [6.45, 7) is 8.65. The highest BCUT2D eigenvalue weighted by Crippen LogP contribution is 2.63. The van der Waals surface area contributed by atoms with Crippen molar-refractivity contribution in [2.75, 3.05) is 13.2 Å². The standard InChI is InChI=1S/C19H26N2O6S/c1-13-18(5,14-9-7-6-8-10-14)19(13,15(22)27-17(2,3)4)20-28(24,25)21-11-12-26-16(21)23/h6-10,13,20H,11-12H2,1-5H3/t13-,18-,19-/m1/s1. The zero-order valence-corrected chi connectivity index (χ0v) is 17.5. The summed E-state index contributed by atoms with van der Waals surface area (Å²) >= 11 is 0. The Morgan fingerprint density at radius 3 is 2.39 bits per heavy atom. The third-order valence-corrected chi connectivity index (χ3v) is 7.14. The molecule has 2 aliphatic rings. The van der Waals surface area contributed by atoms with Crippen LogP contribution in [0.25, 0.3) is 0 Å². The van der Waals surface area contributed by atoms with E-state index in [1.54, 1.807) is 27.7 Å². The fraction of sp³-hybridized carbons (Fsp3) is 0.579. The molecule has 0 radical (unpaired) electrons. The average molecular weight is 410 g/mol. The molecule has 1 aromatic carbocycles. The molecule has 0 unspecified atom stereocenters. The predicted molar refractivity (Wildman–Crippen MR) is 102 cm³/mol. The molecule has 1 saturated carbocycles. The summed E-state index contributed by atoms with van der Waals surface area (Å²) in [4.78, 5) is 25.0. The SMILES string of the molecule is C[C@@H]1[C@](C)(c2ccccc2)[C@]1(NS(=O)(=O)N1CCOC1=O)C(=O)OC(C)(C)C. The van der Waals surface area contributed by atoms with Crippen molar-refractivity contribution < 1.29 is 27.5 Å². The Morgan fingerprint density at radius 1 is 1.29 bits per heavy atom. The van der Waals surface area contributed by atoms with E-state index in [0.717, 1.165) is 5.56 Å². The molecule has 8 nitrogen and oxygen atoms in total. The van der Waals surface area contributed by atoms with Crippen LogP contribution in [0.4, 0.5) is 4.79 Å². The smallest absolute Gasteiger partial charge is 0.424 e. The van der Waals surface area contributed by atoms with Crippen LogP contribution >= 0.6 is 0 Å². The van der Waals surface area contributed by atoms with Crippen molar-refractivity contribution >= 4 is 22.3 Å². The minimum absolute atomic E-state index is 0.0231. The molecule has 1 saturated heterocycles. The lowest BCUT2D eigenvalue weighted by Gasteiger charge is -2.29. The summed E-state index contributed by atoms with van der Waals surface area (Å²) in [7, 11) is -4.31. The molecule has 1 aliphatic heterocycles. The van der Waals surface area contributed by atoms with Gasteiger partial charge in [-0.3, -0.25) is 0 Å². The monoisotopic (exact) mass is 410 g/mol. The maximum atomic E-state index is 13.2. The van der Waals surface area contributed by atoms with Gasteiger partial charge in [-0.1, -0.05) is 44.2 Å². The predicted octanol–water partition coefficient (Wildman–Crippen LogP) is 1.96. The van der Waals surface area contributed by atoms with Crippen LogP contribution < -0.4 is 4.72 Å². The number of nitrogens with zero attached hydrogens (tertiary/aromatic N) is 1. The number of hydrogen-bond donors (Lipinski definition) is 1. The molecule has 3 rings (SSSR count). The Morgan fingerprint density at radius 2 is 1.89 bits per heavy atom. The molecule has 9 heteroatoms. The first-order valence-corrected chi connectivity index (χ1v) is 10.6. The summed E-state index contributed by atoms with van der Waals surface area (Å²) in [5.74, 6) is -1.07. The van der Waals surface area contributed by atoms with E-state index in [9.17, 15) is 18.0 Å². The molecule has 0 bridgehead atoms. The van der Waals surface area contributed by atoms with E-state index in [4.69, 9.17) is 9.47 Å². The second-order valence-electron chi connectivity index (χ2n) is 8.39. The lowest BCUT2D eigenvalue weighted by molar-refractivity contribution is -0.159. The van der Waals surface area contributed by atoms with Crippen LogP contribution in [0.2, 0.25) is 0 Å². The third kappa shape index (κ3) is 3.06. The quantitative estimate of drug-likeness (QED) is 0.745. The molecular formula is C19H26N2O6S. The maximum Gasteiger partial charge on any atom is 0.424 e. The normalized spacial score (nSPS) is 30.1. The van der Waals surface area contributed by atoms with Crippen molar-refractivity contribution in [3.05, 3.63) is 35.9 Å². The lowest BCUT2D eigenvalue weighted by Crippen LogP contribution is -2.55. The van der Waals surface area contributed by atoms with Crippen molar-refractivity contribution in [2.45, 2.75) is 51.2 Å². The van der Waals surface area contributed by atoms with Crippen LogP contribution in [-0.4, -0.2) is 49.1 Å². The average Bonchev–Trinajstić information content (AvgIpc) is 2.90. The molecule has 1 heterocycles. The number of rotatable bonds is 5. The Labute approximate surface area is 165 Å². The van der Waals surface area contributed by atoms with Gasteiger partial charge in [0, 0.05) is 5.41 Å². The fourth-order valence-electron chi connectivity index (χ4n) is 3.94. The number of amides is 1. The first-order chi connectivity index (χ1) is 12.9. The van der Waals surface area contributed by atoms with E-state index < -0.39 is 44.7 Å². The van der Waals surface area contributed by atoms with Gasteiger partial charge >= 0.3 is 22.3 Å². The van der Waals surface area contributed by atoms with E-state index in [0.29, 0.717) is 4.31 Å². The van der Waals surface area contributed by atoms with Gasteiger partial charge in [0.1, 0.15) is 17.7 Å². The summed E-state index contributed by atoms with van der Waals surface area (Å²) in [5, 5.41) is 0. The largest absolute Gasteiger partial charge is 0.459 e. The van der Waals surface area contributed by atoms with Gasteiger partial charge in [-0.25, -0.2) is 9.59 Å². The number of ether oxygens (including phenoxy) is 2. The van der Waals surface area contributed by atoms with Gasteiger partial charge in [-0.05, 0) is 32.3 Å².